The molecular formula is C15H23NS. The standard InChI is InChI=1S/C15H23NS/c1-13(2)3-4-14-5-7-15(8-6-14)16-9-11-17-12-10-16/h5-8,13H,3-4,9-12H2,1-2H3. The predicted molar refractivity (Wildman–Crippen MR) is 79.1 cm³/mol. The zero-order chi connectivity index (χ0) is 12.1. The van der Waals surface area contributed by atoms with E-state index in [-0.39, 0.29) is 0 Å². The van der Waals surface area contributed by atoms with Crippen LogP contribution in [0.2, 0.25) is 0 Å². The first-order valence-corrected chi connectivity index (χ1v) is 7.83. The lowest BCUT2D eigenvalue weighted by molar-refractivity contribution is 0.587. The first kappa shape index (κ1) is 12.8. The number of hydrogen-bond donors (Lipinski definition) is 0. The Bertz CT molecular complexity index is 325. The summed E-state index contributed by atoms with van der Waals surface area (Å²) in [5.74, 6) is 3.35. The molecule has 0 spiro atoms. The van der Waals surface area contributed by atoms with Gasteiger partial charge in [-0.25, -0.2) is 0 Å². The van der Waals surface area contributed by atoms with Gasteiger partial charge in [0.2, 0.25) is 0 Å². The van der Waals surface area contributed by atoms with Crippen molar-refractivity contribution in [2.45, 2.75) is 26.7 Å². The first-order chi connectivity index (χ1) is 8.25. The van der Waals surface area contributed by atoms with E-state index in [0.29, 0.717) is 0 Å². The third kappa shape index (κ3) is 3.95. The Balaban J connectivity index is 1.92. The molecule has 1 nitrogen and oxygen atoms in total. The fourth-order valence-corrected chi connectivity index (χ4v) is 3.05. The summed E-state index contributed by atoms with van der Waals surface area (Å²) in [6.07, 6.45) is 2.51. The topological polar surface area (TPSA) is 3.24 Å². The van der Waals surface area contributed by atoms with Crippen LogP contribution in [0.3, 0.4) is 0 Å². The molecule has 17 heavy (non-hydrogen) atoms. The van der Waals surface area contributed by atoms with Crippen LogP contribution in [0, 0.1) is 5.92 Å². The van der Waals surface area contributed by atoms with E-state index < -0.39 is 0 Å². The molecule has 1 aliphatic heterocycles. The van der Waals surface area contributed by atoms with Gasteiger partial charge >= 0.3 is 0 Å². The van der Waals surface area contributed by atoms with E-state index in [9.17, 15) is 0 Å². The summed E-state index contributed by atoms with van der Waals surface area (Å²) >= 11 is 2.07. The molecule has 0 aliphatic carbocycles. The number of rotatable bonds is 4. The predicted octanol–water partition coefficient (Wildman–Crippen LogP) is 3.83. The minimum absolute atomic E-state index is 0.800. The van der Waals surface area contributed by atoms with E-state index in [0.717, 1.165) is 5.92 Å². The molecule has 1 fully saturated rings. The number of hydrogen-bond acceptors (Lipinski definition) is 2. The summed E-state index contributed by atoms with van der Waals surface area (Å²) in [4.78, 5) is 2.50. The molecule has 0 bridgehead atoms. The molecule has 0 radical (unpaired) electrons. The van der Waals surface area contributed by atoms with E-state index in [1.54, 1.807) is 0 Å². The van der Waals surface area contributed by atoms with Gasteiger partial charge in [0.25, 0.3) is 0 Å². The lowest BCUT2D eigenvalue weighted by atomic mass is 10.0. The second kappa shape index (κ2) is 6.34. The first-order valence-electron chi connectivity index (χ1n) is 6.67. The van der Waals surface area contributed by atoms with Gasteiger partial charge in [-0.2, -0.15) is 11.8 Å². The fraction of sp³-hybridized carbons (Fsp3) is 0.600. The Morgan fingerprint density at radius 3 is 2.35 bits per heavy atom. The fourth-order valence-electron chi connectivity index (χ4n) is 2.15. The highest BCUT2D eigenvalue weighted by molar-refractivity contribution is 7.99. The zero-order valence-corrected chi connectivity index (χ0v) is 11.8. The van der Waals surface area contributed by atoms with Crippen LogP contribution in [0.5, 0.6) is 0 Å². The minimum atomic E-state index is 0.800. The summed E-state index contributed by atoms with van der Waals surface area (Å²) in [6, 6.07) is 9.20. The van der Waals surface area contributed by atoms with Crippen molar-refractivity contribution in [3.8, 4) is 0 Å². The molecule has 1 saturated heterocycles. The number of aryl methyl sites for hydroxylation is 1. The van der Waals surface area contributed by atoms with Crippen molar-refractivity contribution < 1.29 is 0 Å². The summed E-state index contributed by atoms with van der Waals surface area (Å²) in [5.41, 5.74) is 2.88. The van der Waals surface area contributed by atoms with E-state index in [1.807, 2.05) is 0 Å². The second-order valence-electron chi connectivity index (χ2n) is 5.20. The maximum absolute atomic E-state index is 2.50. The van der Waals surface area contributed by atoms with Gasteiger partial charge < -0.3 is 4.90 Å². The van der Waals surface area contributed by atoms with Crippen LogP contribution in [0.4, 0.5) is 5.69 Å². The second-order valence-corrected chi connectivity index (χ2v) is 6.42. The van der Waals surface area contributed by atoms with Gasteiger partial charge in [-0.1, -0.05) is 26.0 Å². The van der Waals surface area contributed by atoms with Crippen molar-refractivity contribution in [3.63, 3.8) is 0 Å². The lowest BCUT2D eigenvalue weighted by Crippen LogP contribution is -2.32. The van der Waals surface area contributed by atoms with Crippen molar-refractivity contribution >= 4 is 17.4 Å². The molecule has 0 N–H and O–H groups in total. The van der Waals surface area contributed by atoms with E-state index in [2.05, 4.69) is 54.8 Å². The lowest BCUT2D eigenvalue weighted by Gasteiger charge is -2.28. The highest BCUT2D eigenvalue weighted by atomic mass is 32.2. The maximum atomic E-state index is 2.50. The van der Waals surface area contributed by atoms with Crippen molar-refractivity contribution in [3.05, 3.63) is 29.8 Å². The number of benzene rings is 1. The Morgan fingerprint density at radius 1 is 1.12 bits per heavy atom. The van der Waals surface area contributed by atoms with Gasteiger partial charge in [-0.3, -0.25) is 0 Å². The summed E-state index contributed by atoms with van der Waals surface area (Å²) < 4.78 is 0. The molecule has 0 amide bonds. The van der Waals surface area contributed by atoms with Crippen LogP contribution in [-0.2, 0) is 6.42 Å². The van der Waals surface area contributed by atoms with Crippen LogP contribution in [0.25, 0.3) is 0 Å². The van der Waals surface area contributed by atoms with Gasteiger partial charge in [-0.15, -0.1) is 0 Å². The van der Waals surface area contributed by atoms with Crippen LogP contribution in [0.1, 0.15) is 25.8 Å². The van der Waals surface area contributed by atoms with Crippen LogP contribution in [0.15, 0.2) is 24.3 Å². The maximum Gasteiger partial charge on any atom is 0.0366 e. The van der Waals surface area contributed by atoms with Crippen molar-refractivity contribution in [1.29, 1.82) is 0 Å². The molecule has 1 heterocycles. The molecule has 0 unspecified atom stereocenters. The Kier molecular flexibility index (Phi) is 4.78. The van der Waals surface area contributed by atoms with Crippen LogP contribution < -0.4 is 4.90 Å². The van der Waals surface area contributed by atoms with Gasteiger partial charge in [0.1, 0.15) is 0 Å². The van der Waals surface area contributed by atoms with Crippen LogP contribution >= 0.6 is 11.8 Å². The third-order valence-electron chi connectivity index (χ3n) is 3.32. The van der Waals surface area contributed by atoms with Crippen molar-refractivity contribution in [1.82, 2.24) is 0 Å². The van der Waals surface area contributed by atoms with Crippen molar-refractivity contribution in [2.24, 2.45) is 5.92 Å². The number of thioether (sulfide) groups is 1. The highest BCUT2D eigenvalue weighted by Gasteiger charge is 2.10. The molecule has 2 heteroatoms. The van der Waals surface area contributed by atoms with E-state index in [4.69, 9.17) is 0 Å². The Hall–Kier alpha value is -0.630. The van der Waals surface area contributed by atoms with E-state index in [1.165, 1.54) is 48.7 Å². The van der Waals surface area contributed by atoms with Crippen LogP contribution in [-0.4, -0.2) is 24.6 Å². The molecule has 94 valence electrons. The smallest absolute Gasteiger partial charge is 0.0366 e. The number of anilines is 1. The zero-order valence-electron chi connectivity index (χ0n) is 11.0. The SMILES string of the molecule is CC(C)CCc1ccc(N2CCSCC2)cc1. The molecule has 0 aromatic heterocycles. The van der Waals surface area contributed by atoms with Gasteiger partial charge in [-0.05, 0) is 36.5 Å². The average molecular weight is 249 g/mol. The highest BCUT2D eigenvalue weighted by Crippen LogP contribution is 2.20. The van der Waals surface area contributed by atoms with Gasteiger partial charge in [0.15, 0.2) is 0 Å². The van der Waals surface area contributed by atoms with Gasteiger partial charge in [0, 0.05) is 30.3 Å². The van der Waals surface area contributed by atoms with Crippen molar-refractivity contribution in [2.75, 3.05) is 29.5 Å². The summed E-state index contributed by atoms with van der Waals surface area (Å²) in [7, 11) is 0. The Morgan fingerprint density at radius 2 is 1.76 bits per heavy atom. The molecule has 0 atom stereocenters. The summed E-state index contributed by atoms with van der Waals surface area (Å²) in [6.45, 7) is 6.99. The summed E-state index contributed by atoms with van der Waals surface area (Å²) in [5, 5.41) is 0. The number of nitrogens with zero attached hydrogens (tertiary/aromatic N) is 1. The molecular weight excluding hydrogens is 226 g/mol. The quantitative estimate of drug-likeness (QED) is 0.798. The van der Waals surface area contributed by atoms with E-state index >= 15 is 0 Å². The molecule has 2 rings (SSSR count). The molecule has 1 aromatic carbocycles. The molecule has 1 aromatic rings. The largest absolute Gasteiger partial charge is 0.370 e. The minimum Gasteiger partial charge on any atom is -0.370 e. The third-order valence-corrected chi connectivity index (χ3v) is 4.27. The Labute approximate surface area is 110 Å². The normalized spacial score (nSPS) is 16.5. The van der Waals surface area contributed by atoms with Gasteiger partial charge in [0.05, 0.1) is 0 Å². The molecule has 1 aliphatic rings. The average Bonchev–Trinajstić information content (AvgIpc) is 2.38. The molecule has 0 saturated carbocycles. The monoisotopic (exact) mass is 249 g/mol.